The van der Waals surface area contributed by atoms with Crippen molar-refractivity contribution < 1.29 is 9.32 Å². The normalized spacial score (nSPS) is 11.3. The summed E-state index contributed by atoms with van der Waals surface area (Å²) in [7, 11) is 0. The van der Waals surface area contributed by atoms with Gasteiger partial charge in [0.2, 0.25) is 0 Å². The van der Waals surface area contributed by atoms with E-state index in [-0.39, 0.29) is 11.5 Å². The Balaban J connectivity index is 1.57. The molecule has 4 aromatic rings. The van der Waals surface area contributed by atoms with Gasteiger partial charge in [0.1, 0.15) is 5.76 Å². The summed E-state index contributed by atoms with van der Waals surface area (Å²) in [5.74, 6) is 1.75. The fourth-order valence-corrected chi connectivity index (χ4v) is 3.79. The Kier molecular flexibility index (Phi) is 4.12. The number of ketones is 1. The highest BCUT2D eigenvalue weighted by molar-refractivity contribution is 7.99. The Morgan fingerprint density at radius 1 is 1.19 bits per heavy atom. The third-order valence-corrected chi connectivity index (χ3v) is 5.13. The molecule has 4 rings (SSSR count). The lowest BCUT2D eigenvalue weighted by molar-refractivity contribution is 0.102. The lowest BCUT2D eigenvalue weighted by Crippen LogP contribution is -2.06. The average Bonchev–Trinajstić information content (AvgIpc) is 3.30. The summed E-state index contributed by atoms with van der Waals surface area (Å²) < 4.78 is 8.96. The number of hydrogen-bond donors (Lipinski definition) is 0. The van der Waals surface area contributed by atoms with Gasteiger partial charge in [-0.2, -0.15) is 0 Å². The first-order valence-electron chi connectivity index (χ1n) is 8.13. The van der Waals surface area contributed by atoms with Crippen molar-refractivity contribution in [2.24, 2.45) is 0 Å². The topological polar surface area (TPSA) is 78.2 Å². The maximum Gasteiger partial charge on any atom is 0.196 e. The number of hydrogen-bond acceptors (Lipinski definition) is 6. The molecule has 0 saturated carbocycles. The van der Waals surface area contributed by atoms with Gasteiger partial charge < -0.3 is 4.52 Å². The van der Waals surface area contributed by atoms with E-state index < -0.39 is 0 Å². The number of carbonyl (C=O) groups is 1. The van der Waals surface area contributed by atoms with Gasteiger partial charge in [0, 0.05) is 29.2 Å². The zero-order valence-electron chi connectivity index (χ0n) is 14.6. The minimum absolute atomic E-state index is 0.0437. The molecular formula is C18H17N5O2S. The second kappa shape index (κ2) is 6.45. The summed E-state index contributed by atoms with van der Waals surface area (Å²) in [6, 6.07) is 9.45. The van der Waals surface area contributed by atoms with Gasteiger partial charge in [-0.1, -0.05) is 23.0 Å². The van der Waals surface area contributed by atoms with Crippen molar-refractivity contribution in [1.82, 2.24) is 24.3 Å². The van der Waals surface area contributed by atoms with Gasteiger partial charge in [-0.25, -0.2) is 0 Å². The van der Waals surface area contributed by atoms with Crippen molar-refractivity contribution in [2.45, 2.75) is 25.9 Å². The van der Waals surface area contributed by atoms with E-state index in [4.69, 9.17) is 4.52 Å². The smallest absolute Gasteiger partial charge is 0.196 e. The van der Waals surface area contributed by atoms with E-state index >= 15 is 0 Å². The van der Waals surface area contributed by atoms with Gasteiger partial charge in [-0.3, -0.25) is 13.8 Å². The number of fused-ring (bicyclic) bond motifs is 1. The maximum absolute atomic E-state index is 12.8. The average molecular weight is 367 g/mol. The van der Waals surface area contributed by atoms with Crippen molar-refractivity contribution >= 4 is 23.2 Å². The second-order valence-corrected chi connectivity index (χ2v) is 6.98. The molecule has 0 N–H and O–H groups in total. The van der Waals surface area contributed by atoms with Crippen molar-refractivity contribution in [3.63, 3.8) is 0 Å². The van der Waals surface area contributed by atoms with E-state index in [9.17, 15) is 4.79 Å². The van der Waals surface area contributed by atoms with Crippen LogP contribution >= 0.6 is 11.8 Å². The molecule has 7 nitrogen and oxygen atoms in total. The molecule has 132 valence electrons. The Morgan fingerprint density at radius 2 is 2.04 bits per heavy atom. The number of thioether (sulfide) groups is 1. The van der Waals surface area contributed by atoms with Crippen molar-refractivity contribution in [2.75, 3.05) is 5.75 Å². The molecular weight excluding hydrogens is 350 g/mol. The van der Waals surface area contributed by atoms with Crippen LogP contribution in [0.5, 0.6) is 0 Å². The molecule has 0 aliphatic heterocycles. The highest BCUT2D eigenvalue weighted by atomic mass is 32.2. The molecule has 0 aliphatic carbocycles. The predicted octanol–water partition coefficient (Wildman–Crippen LogP) is 3.41. The van der Waals surface area contributed by atoms with Crippen LogP contribution < -0.4 is 0 Å². The summed E-state index contributed by atoms with van der Waals surface area (Å²) in [5, 5.41) is 13.0. The molecule has 0 bridgehead atoms. The molecule has 4 aromatic heterocycles. The van der Waals surface area contributed by atoms with Crippen molar-refractivity contribution in [1.29, 1.82) is 0 Å². The van der Waals surface area contributed by atoms with Crippen LogP contribution in [0.4, 0.5) is 0 Å². The van der Waals surface area contributed by atoms with Crippen LogP contribution in [0.15, 0.2) is 46.2 Å². The van der Waals surface area contributed by atoms with Crippen LogP contribution in [0.2, 0.25) is 0 Å². The van der Waals surface area contributed by atoms with E-state index in [1.54, 1.807) is 0 Å². The number of Topliss-reactive ketones (excluding diaryl/α,β-unsaturated/α-hetero) is 1. The summed E-state index contributed by atoms with van der Waals surface area (Å²) in [4.78, 5) is 12.8. The molecule has 0 radical (unpaired) electrons. The number of aromatic nitrogens is 5. The molecule has 8 heteroatoms. The maximum atomic E-state index is 12.8. The first kappa shape index (κ1) is 16.6. The van der Waals surface area contributed by atoms with Gasteiger partial charge in [-0.05, 0) is 39.0 Å². The van der Waals surface area contributed by atoms with Crippen LogP contribution in [0.3, 0.4) is 0 Å². The molecule has 0 unspecified atom stereocenters. The lowest BCUT2D eigenvalue weighted by Gasteiger charge is -2.05. The summed E-state index contributed by atoms with van der Waals surface area (Å²) >= 11 is 1.38. The first-order chi connectivity index (χ1) is 12.5. The summed E-state index contributed by atoms with van der Waals surface area (Å²) in [6.07, 6.45) is 1.89. The Hall–Kier alpha value is -2.87. The van der Waals surface area contributed by atoms with E-state index in [1.807, 2.05) is 66.3 Å². The highest BCUT2D eigenvalue weighted by Gasteiger charge is 2.19. The van der Waals surface area contributed by atoms with Crippen LogP contribution in [-0.2, 0) is 0 Å². The number of aryl methyl sites for hydroxylation is 2. The van der Waals surface area contributed by atoms with Crippen molar-refractivity contribution in [3.05, 3.63) is 59.2 Å². The fourth-order valence-electron chi connectivity index (χ4n) is 2.98. The van der Waals surface area contributed by atoms with Gasteiger partial charge >= 0.3 is 0 Å². The standard InChI is InChI=1S/C18H17N5O2S/c1-11-8-14(13(3)23(11)17-9-12(2)25-21-17)15(24)10-26-18-20-19-16-6-4-5-7-22(16)18/h4-9H,10H2,1-3H3. The highest BCUT2D eigenvalue weighted by Crippen LogP contribution is 2.24. The van der Waals surface area contributed by atoms with Gasteiger partial charge in [0.15, 0.2) is 22.4 Å². The van der Waals surface area contributed by atoms with Crippen molar-refractivity contribution in [3.8, 4) is 5.82 Å². The Bertz CT molecular complexity index is 1110. The SMILES string of the molecule is Cc1cc(-n2c(C)cc(C(=O)CSc3nnc4ccccn34)c2C)no1. The zero-order valence-corrected chi connectivity index (χ0v) is 15.4. The number of pyridine rings is 1. The Morgan fingerprint density at radius 3 is 2.81 bits per heavy atom. The fraction of sp³-hybridized carbons (Fsp3) is 0.222. The zero-order chi connectivity index (χ0) is 18.3. The molecule has 26 heavy (non-hydrogen) atoms. The largest absolute Gasteiger partial charge is 0.360 e. The molecule has 4 heterocycles. The van der Waals surface area contributed by atoms with Crippen LogP contribution in [-0.4, -0.2) is 35.9 Å². The summed E-state index contributed by atoms with van der Waals surface area (Å²) in [6.45, 7) is 5.71. The minimum Gasteiger partial charge on any atom is -0.360 e. The number of rotatable bonds is 5. The monoisotopic (exact) mass is 367 g/mol. The van der Waals surface area contributed by atoms with Gasteiger partial charge in [0.25, 0.3) is 0 Å². The van der Waals surface area contributed by atoms with Crippen LogP contribution in [0.25, 0.3) is 11.5 Å². The molecule has 0 aromatic carbocycles. The molecule has 0 saturated heterocycles. The third-order valence-electron chi connectivity index (χ3n) is 4.19. The molecule has 0 atom stereocenters. The van der Waals surface area contributed by atoms with Crippen LogP contribution in [0.1, 0.15) is 27.5 Å². The van der Waals surface area contributed by atoms with E-state index in [0.29, 0.717) is 16.5 Å². The quantitative estimate of drug-likeness (QED) is 0.397. The Labute approximate surface area is 154 Å². The third kappa shape index (κ3) is 2.82. The number of nitrogens with zero attached hydrogens (tertiary/aromatic N) is 5. The first-order valence-corrected chi connectivity index (χ1v) is 9.11. The summed E-state index contributed by atoms with van der Waals surface area (Å²) in [5.41, 5.74) is 3.25. The predicted molar refractivity (Wildman–Crippen MR) is 98.1 cm³/mol. The van der Waals surface area contributed by atoms with Gasteiger partial charge in [-0.15, -0.1) is 10.2 Å². The molecule has 0 spiro atoms. The van der Waals surface area contributed by atoms with E-state index in [0.717, 1.165) is 22.8 Å². The van der Waals surface area contributed by atoms with Gasteiger partial charge in [0.05, 0.1) is 5.75 Å². The molecule has 0 aliphatic rings. The minimum atomic E-state index is 0.0437. The lowest BCUT2D eigenvalue weighted by atomic mass is 10.2. The van der Waals surface area contributed by atoms with Crippen LogP contribution in [0, 0.1) is 20.8 Å². The molecule has 0 amide bonds. The second-order valence-electron chi connectivity index (χ2n) is 6.04. The molecule has 0 fully saturated rings. The van der Waals surface area contributed by atoms with E-state index in [1.165, 1.54) is 11.8 Å². The van der Waals surface area contributed by atoms with E-state index in [2.05, 4.69) is 15.4 Å². The number of carbonyl (C=O) groups excluding carboxylic acids is 1.